The van der Waals surface area contributed by atoms with Gasteiger partial charge in [-0.25, -0.2) is 0 Å². The van der Waals surface area contributed by atoms with Crippen molar-refractivity contribution in [3.05, 3.63) is 0 Å². The molecular weight excluding hydrogens is 628 g/mol. The Labute approximate surface area is 303 Å². The van der Waals surface area contributed by atoms with Crippen LogP contribution >= 0.6 is 0 Å². The first kappa shape index (κ1) is 38.5. The van der Waals surface area contributed by atoms with Crippen molar-refractivity contribution in [3.8, 4) is 0 Å². The predicted octanol–water partition coefficient (Wildman–Crippen LogP) is 8.51. The zero-order chi connectivity index (χ0) is 37.0. The second-order valence-corrected chi connectivity index (χ2v) is 20.2. The minimum atomic E-state index is -0.930. The number of hydrogen-bond donors (Lipinski definition) is 2. The highest BCUT2D eigenvalue weighted by Gasteiger charge is 2.84. The molecule has 1 saturated heterocycles. The molecule has 50 heavy (non-hydrogen) atoms. The van der Waals surface area contributed by atoms with Gasteiger partial charge in [0.15, 0.2) is 0 Å². The van der Waals surface area contributed by atoms with E-state index in [9.17, 15) is 19.8 Å². The van der Waals surface area contributed by atoms with Gasteiger partial charge in [0.1, 0.15) is 12.2 Å². The fourth-order valence-electron chi connectivity index (χ4n) is 13.7. The summed E-state index contributed by atoms with van der Waals surface area (Å²) in [6.45, 7) is 25.5. The quantitative estimate of drug-likeness (QED) is 0.220. The van der Waals surface area contributed by atoms with E-state index in [1.165, 1.54) is 0 Å². The summed E-state index contributed by atoms with van der Waals surface area (Å²) >= 11 is 0. The van der Waals surface area contributed by atoms with Gasteiger partial charge in [-0.2, -0.15) is 0 Å². The van der Waals surface area contributed by atoms with Crippen molar-refractivity contribution in [1.29, 1.82) is 0 Å². The average Bonchev–Trinajstić information content (AvgIpc) is 3.42. The van der Waals surface area contributed by atoms with Gasteiger partial charge in [-0.05, 0) is 118 Å². The first-order valence-corrected chi connectivity index (χ1v) is 20.7. The highest BCUT2D eigenvalue weighted by atomic mass is 16.6. The first-order chi connectivity index (χ1) is 23.2. The SMILES string of the molecule is CCC(C)C(C)C(=O)OC1CCC23CC24CCC2(C)C(C5(C)CCC(C(C)(C)O)O5)C(O)CC2(C)C4CC(OC(=O)C(C)C(C)CC)C3C1C. The van der Waals surface area contributed by atoms with Gasteiger partial charge in [-0.15, -0.1) is 0 Å². The van der Waals surface area contributed by atoms with Crippen LogP contribution in [0.3, 0.4) is 0 Å². The second kappa shape index (κ2) is 12.7. The molecule has 17 atom stereocenters. The Kier molecular flexibility index (Phi) is 9.80. The van der Waals surface area contributed by atoms with Crippen LogP contribution < -0.4 is 0 Å². The fraction of sp³-hybridized carbons (Fsp3) is 0.953. The Balaban J connectivity index is 1.34. The van der Waals surface area contributed by atoms with Gasteiger partial charge in [0.05, 0.1) is 35.2 Å². The molecule has 286 valence electrons. The molecule has 1 heterocycles. The Hall–Kier alpha value is -1.18. The average molecular weight is 701 g/mol. The maximum absolute atomic E-state index is 13.9. The normalized spacial score (nSPS) is 49.0. The van der Waals surface area contributed by atoms with Gasteiger partial charge in [-0.3, -0.25) is 9.59 Å². The van der Waals surface area contributed by atoms with E-state index in [-0.39, 0.29) is 93.3 Å². The highest BCUT2D eigenvalue weighted by Crippen LogP contribution is 2.88. The smallest absolute Gasteiger partial charge is 0.309 e. The molecule has 0 aromatic heterocycles. The lowest BCUT2D eigenvalue weighted by Gasteiger charge is -2.63. The number of esters is 2. The van der Waals surface area contributed by atoms with E-state index in [1.54, 1.807) is 0 Å². The second-order valence-electron chi connectivity index (χ2n) is 20.2. The topological polar surface area (TPSA) is 102 Å². The lowest BCUT2D eigenvalue weighted by atomic mass is 9.42. The van der Waals surface area contributed by atoms with E-state index in [1.807, 2.05) is 27.7 Å². The van der Waals surface area contributed by atoms with Crippen molar-refractivity contribution in [2.75, 3.05) is 0 Å². The number of hydrogen-bond acceptors (Lipinski definition) is 7. The number of fused-ring (bicyclic) bond motifs is 2. The molecule has 6 fully saturated rings. The molecule has 7 heteroatoms. The third-order valence-corrected chi connectivity index (χ3v) is 17.6. The minimum Gasteiger partial charge on any atom is -0.462 e. The van der Waals surface area contributed by atoms with Crippen molar-refractivity contribution in [2.24, 2.45) is 69.0 Å². The molecule has 0 amide bonds. The van der Waals surface area contributed by atoms with Crippen LogP contribution in [0.1, 0.15) is 154 Å². The van der Waals surface area contributed by atoms with Crippen LogP contribution in [-0.2, 0) is 23.8 Å². The molecule has 2 spiro atoms. The van der Waals surface area contributed by atoms with Crippen molar-refractivity contribution in [2.45, 2.75) is 189 Å². The molecule has 2 N–H and O–H groups in total. The van der Waals surface area contributed by atoms with Gasteiger partial charge >= 0.3 is 11.9 Å². The predicted molar refractivity (Wildman–Crippen MR) is 195 cm³/mol. The first-order valence-electron chi connectivity index (χ1n) is 20.7. The monoisotopic (exact) mass is 701 g/mol. The van der Waals surface area contributed by atoms with Crippen LogP contribution in [0.5, 0.6) is 0 Å². The third kappa shape index (κ3) is 5.49. The van der Waals surface area contributed by atoms with Gasteiger partial charge < -0.3 is 24.4 Å². The summed E-state index contributed by atoms with van der Waals surface area (Å²) in [6.07, 6.45) is 9.00. The van der Waals surface area contributed by atoms with E-state index in [4.69, 9.17) is 14.2 Å². The van der Waals surface area contributed by atoms with Crippen LogP contribution in [0.4, 0.5) is 0 Å². The van der Waals surface area contributed by atoms with Gasteiger partial charge in [0.2, 0.25) is 0 Å². The zero-order valence-corrected chi connectivity index (χ0v) is 33.6. The number of aliphatic hydroxyl groups is 2. The molecule has 7 nitrogen and oxygen atoms in total. The fourth-order valence-corrected chi connectivity index (χ4v) is 13.7. The summed E-state index contributed by atoms with van der Waals surface area (Å²) in [5, 5.41) is 23.0. The summed E-state index contributed by atoms with van der Waals surface area (Å²) in [4.78, 5) is 27.4. The van der Waals surface area contributed by atoms with Crippen LogP contribution in [-0.4, -0.2) is 57.8 Å². The number of aliphatic hydroxyl groups excluding tert-OH is 1. The van der Waals surface area contributed by atoms with Gasteiger partial charge in [-0.1, -0.05) is 75.2 Å². The lowest BCUT2D eigenvalue weighted by molar-refractivity contribution is -0.214. The Bertz CT molecular complexity index is 1310. The summed E-state index contributed by atoms with van der Waals surface area (Å²) in [5.41, 5.74) is -1.57. The molecule has 17 unspecified atom stereocenters. The van der Waals surface area contributed by atoms with Crippen LogP contribution in [0.25, 0.3) is 0 Å². The highest BCUT2D eigenvalue weighted by molar-refractivity contribution is 5.73. The summed E-state index contributed by atoms with van der Waals surface area (Å²) in [7, 11) is 0. The van der Waals surface area contributed by atoms with Crippen molar-refractivity contribution in [1.82, 2.24) is 0 Å². The van der Waals surface area contributed by atoms with Crippen molar-refractivity contribution in [3.63, 3.8) is 0 Å². The summed E-state index contributed by atoms with van der Waals surface area (Å²) in [6, 6.07) is 0. The molecule has 6 aliphatic rings. The third-order valence-electron chi connectivity index (χ3n) is 17.6. The van der Waals surface area contributed by atoms with Crippen LogP contribution in [0.15, 0.2) is 0 Å². The minimum absolute atomic E-state index is 0.0369. The summed E-state index contributed by atoms with van der Waals surface area (Å²) in [5.74, 6) is 0.521. The van der Waals surface area contributed by atoms with Crippen molar-refractivity contribution >= 4 is 11.9 Å². The van der Waals surface area contributed by atoms with E-state index < -0.39 is 17.3 Å². The van der Waals surface area contributed by atoms with Gasteiger partial charge in [0, 0.05) is 17.8 Å². The summed E-state index contributed by atoms with van der Waals surface area (Å²) < 4.78 is 19.9. The Morgan fingerprint density at radius 1 is 0.840 bits per heavy atom. The maximum atomic E-state index is 13.9. The molecule has 0 radical (unpaired) electrons. The van der Waals surface area contributed by atoms with Crippen molar-refractivity contribution < 1.29 is 34.0 Å². The number of carbonyl (C=O) groups is 2. The number of rotatable bonds is 10. The molecule has 1 aliphatic heterocycles. The Morgan fingerprint density at radius 3 is 1.96 bits per heavy atom. The van der Waals surface area contributed by atoms with E-state index in [0.717, 1.165) is 70.6 Å². The number of carbonyl (C=O) groups excluding carboxylic acids is 2. The lowest BCUT2D eigenvalue weighted by Crippen LogP contribution is -2.61. The van der Waals surface area contributed by atoms with Crippen LogP contribution in [0.2, 0.25) is 0 Å². The molecular formula is C43H72O7. The van der Waals surface area contributed by atoms with Crippen LogP contribution in [0, 0.1) is 69.0 Å². The molecule has 0 aromatic rings. The van der Waals surface area contributed by atoms with Gasteiger partial charge in [0.25, 0.3) is 0 Å². The molecule has 5 saturated carbocycles. The standard InChI is InChI=1S/C43H72O7/c1-13-24(3)26(5)36(45)48-30-15-18-43-23-42(43)20-19-39(10)35(41(12)17-16-33(50-41)38(8,9)47)29(44)22-40(39,11)32(42)21-31(34(43)28(30)7)49-37(46)27(6)25(4)14-2/h24-35,44,47H,13-23H2,1-12H3. The Morgan fingerprint density at radius 2 is 1.42 bits per heavy atom. The molecule has 0 bridgehead atoms. The zero-order valence-electron chi connectivity index (χ0n) is 33.6. The van der Waals surface area contributed by atoms with E-state index in [2.05, 4.69) is 55.4 Å². The molecule has 5 aliphatic carbocycles. The largest absolute Gasteiger partial charge is 0.462 e. The molecule has 6 rings (SSSR count). The molecule has 0 aromatic carbocycles. The number of ether oxygens (including phenoxy) is 3. The maximum Gasteiger partial charge on any atom is 0.309 e. The van der Waals surface area contributed by atoms with E-state index in [0.29, 0.717) is 5.92 Å². The van der Waals surface area contributed by atoms with E-state index >= 15 is 0 Å².